The fraction of sp³-hybridized carbons (Fsp3) is 0.294. The molecule has 1 aliphatic rings. The van der Waals surface area contributed by atoms with Gasteiger partial charge in [0.25, 0.3) is 0 Å². The molecule has 0 fully saturated rings. The Hall–Kier alpha value is -2.36. The number of fused-ring (bicyclic) bond motifs is 1. The minimum atomic E-state index is -0.157. The Balaban J connectivity index is 1.99. The van der Waals surface area contributed by atoms with Crippen molar-refractivity contribution in [2.45, 2.75) is 25.9 Å². The lowest BCUT2D eigenvalue weighted by molar-refractivity contribution is 0.215. The van der Waals surface area contributed by atoms with Crippen molar-refractivity contribution in [1.82, 2.24) is 0 Å². The van der Waals surface area contributed by atoms with Crippen LogP contribution in [0.5, 0.6) is 23.0 Å². The van der Waals surface area contributed by atoms with Crippen molar-refractivity contribution < 1.29 is 19.7 Å². The maximum Gasteiger partial charge on any atom is 0.160 e. The molecule has 110 valence electrons. The van der Waals surface area contributed by atoms with Crippen LogP contribution in [0.2, 0.25) is 0 Å². The van der Waals surface area contributed by atoms with E-state index in [1.807, 2.05) is 19.1 Å². The number of phenols is 2. The molecule has 2 atom stereocenters. The van der Waals surface area contributed by atoms with Crippen LogP contribution in [0.3, 0.4) is 0 Å². The van der Waals surface area contributed by atoms with Crippen molar-refractivity contribution in [1.29, 1.82) is 0 Å². The molecule has 0 bridgehead atoms. The molecule has 0 aliphatic carbocycles. The lowest BCUT2D eigenvalue weighted by Gasteiger charge is -2.17. The van der Waals surface area contributed by atoms with Crippen LogP contribution in [-0.2, 0) is 0 Å². The molecular weight excluding hydrogens is 268 g/mol. The maximum absolute atomic E-state index is 9.87. The number of benzene rings is 2. The van der Waals surface area contributed by atoms with E-state index in [4.69, 9.17) is 9.47 Å². The monoisotopic (exact) mass is 286 g/mol. The third-order valence-corrected chi connectivity index (χ3v) is 4.06. The first-order valence-electron chi connectivity index (χ1n) is 6.88. The van der Waals surface area contributed by atoms with Crippen molar-refractivity contribution in [3.05, 3.63) is 47.0 Å². The Bertz CT molecular complexity index is 693. The average molecular weight is 286 g/mol. The van der Waals surface area contributed by atoms with E-state index in [0.717, 1.165) is 22.4 Å². The van der Waals surface area contributed by atoms with E-state index in [1.54, 1.807) is 18.2 Å². The quantitative estimate of drug-likeness (QED) is 0.884. The van der Waals surface area contributed by atoms with Gasteiger partial charge >= 0.3 is 0 Å². The molecule has 2 aromatic carbocycles. The second-order valence-corrected chi connectivity index (χ2v) is 5.43. The number of rotatable bonds is 2. The van der Waals surface area contributed by atoms with Gasteiger partial charge in [0.2, 0.25) is 0 Å². The van der Waals surface area contributed by atoms with Crippen LogP contribution in [0.1, 0.15) is 35.6 Å². The van der Waals surface area contributed by atoms with Gasteiger partial charge in [-0.15, -0.1) is 0 Å². The minimum absolute atomic E-state index is 0.109. The molecule has 2 aromatic rings. The van der Waals surface area contributed by atoms with Gasteiger partial charge in [-0.3, -0.25) is 0 Å². The van der Waals surface area contributed by atoms with Crippen molar-refractivity contribution >= 4 is 0 Å². The van der Waals surface area contributed by atoms with E-state index in [2.05, 4.69) is 6.92 Å². The molecule has 21 heavy (non-hydrogen) atoms. The molecule has 3 rings (SSSR count). The fourth-order valence-electron chi connectivity index (χ4n) is 2.77. The number of methoxy groups -OCH3 is 1. The summed E-state index contributed by atoms with van der Waals surface area (Å²) in [4.78, 5) is 0. The van der Waals surface area contributed by atoms with Gasteiger partial charge in [0, 0.05) is 11.5 Å². The highest BCUT2D eigenvalue weighted by atomic mass is 16.5. The third kappa shape index (κ3) is 2.17. The van der Waals surface area contributed by atoms with E-state index in [9.17, 15) is 10.2 Å². The smallest absolute Gasteiger partial charge is 0.160 e. The Labute approximate surface area is 123 Å². The largest absolute Gasteiger partial charge is 0.508 e. The number of aryl methyl sites for hydroxylation is 1. The number of hydrogen-bond donors (Lipinski definition) is 2. The summed E-state index contributed by atoms with van der Waals surface area (Å²) < 4.78 is 11.2. The molecule has 0 saturated heterocycles. The molecule has 0 radical (unpaired) electrons. The van der Waals surface area contributed by atoms with E-state index >= 15 is 0 Å². The van der Waals surface area contributed by atoms with Gasteiger partial charge in [0.15, 0.2) is 11.5 Å². The summed E-state index contributed by atoms with van der Waals surface area (Å²) >= 11 is 0. The van der Waals surface area contributed by atoms with Gasteiger partial charge in [0.1, 0.15) is 17.6 Å². The number of phenolic OH excluding ortho intramolecular Hbond substituents is 2. The summed E-state index contributed by atoms with van der Waals surface area (Å²) in [7, 11) is 1.52. The van der Waals surface area contributed by atoms with Crippen molar-refractivity contribution in [3.63, 3.8) is 0 Å². The molecule has 1 aliphatic heterocycles. The highest BCUT2D eigenvalue weighted by Gasteiger charge is 2.33. The second kappa shape index (κ2) is 4.88. The van der Waals surface area contributed by atoms with Gasteiger partial charge < -0.3 is 19.7 Å². The van der Waals surface area contributed by atoms with Crippen LogP contribution in [0, 0.1) is 6.92 Å². The zero-order valence-corrected chi connectivity index (χ0v) is 12.3. The van der Waals surface area contributed by atoms with Crippen LogP contribution < -0.4 is 9.47 Å². The zero-order chi connectivity index (χ0) is 15.1. The van der Waals surface area contributed by atoms with E-state index in [1.165, 1.54) is 7.11 Å². The fourth-order valence-corrected chi connectivity index (χ4v) is 2.77. The first kappa shape index (κ1) is 13.6. The number of ether oxygens (including phenoxy) is 2. The predicted octanol–water partition coefficient (Wildman–Crippen LogP) is 3.65. The van der Waals surface area contributed by atoms with E-state index < -0.39 is 0 Å². The van der Waals surface area contributed by atoms with Crippen LogP contribution in [0.25, 0.3) is 0 Å². The molecule has 0 aromatic heterocycles. The summed E-state index contributed by atoms with van der Waals surface area (Å²) in [6.45, 7) is 3.91. The van der Waals surface area contributed by atoms with Gasteiger partial charge in [-0.1, -0.05) is 13.0 Å². The topological polar surface area (TPSA) is 58.9 Å². The first-order valence-corrected chi connectivity index (χ1v) is 6.88. The van der Waals surface area contributed by atoms with Gasteiger partial charge in [-0.05, 0) is 42.3 Å². The van der Waals surface area contributed by atoms with Crippen LogP contribution in [0.4, 0.5) is 0 Å². The summed E-state index contributed by atoms with van der Waals surface area (Å²) in [5.74, 6) is 1.74. The molecule has 4 heteroatoms. The molecule has 4 nitrogen and oxygen atoms in total. The molecule has 0 saturated carbocycles. The lowest BCUT2D eigenvalue weighted by atomic mass is 9.92. The number of aromatic hydroxyl groups is 2. The second-order valence-electron chi connectivity index (χ2n) is 5.43. The summed E-state index contributed by atoms with van der Waals surface area (Å²) in [5.41, 5.74) is 2.73. The third-order valence-electron chi connectivity index (χ3n) is 4.06. The summed E-state index contributed by atoms with van der Waals surface area (Å²) in [6.07, 6.45) is -0.157. The Morgan fingerprint density at radius 1 is 1.10 bits per heavy atom. The van der Waals surface area contributed by atoms with Crippen LogP contribution >= 0.6 is 0 Å². The first-order chi connectivity index (χ1) is 10.0. The van der Waals surface area contributed by atoms with E-state index in [-0.39, 0.29) is 23.5 Å². The molecule has 0 unspecified atom stereocenters. The Kier molecular flexibility index (Phi) is 3.16. The van der Waals surface area contributed by atoms with Crippen molar-refractivity contribution in [3.8, 4) is 23.0 Å². The molecule has 1 heterocycles. The Morgan fingerprint density at radius 2 is 1.86 bits per heavy atom. The zero-order valence-electron chi connectivity index (χ0n) is 12.3. The van der Waals surface area contributed by atoms with Gasteiger partial charge in [-0.2, -0.15) is 0 Å². The average Bonchev–Trinajstić information content (AvgIpc) is 2.77. The highest BCUT2D eigenvalue weighted by Crippen LogP contribution is 2.48. The highest BCUT2D eigenvalue weighted by molar-refractivity contribution is 5.51. The normalized spacial score (nSPS) is 20.0. The van der Waals surface area contributed by atoms with E-state index in [0.29, 0.717) is 5.75 Å². The van der Waals surface area contributed by atoms with Crippen LogP contribution in [0.15, 0.2) is 30.3 Å². The van der Waals surface area contributed by atoms with Gasteiger partial charge in [0.05, 0.1) is 7.11 Å². The maximum atomic E-state index is 9.87. The minimum Gasteiger partial charge on any atom is -0.508 e. The standard InChI is InChI=1S/C17H18O4/c1-9-6-15-12(8-14(9)19)10(2)17(21-15)11-4-5-13(18)16(7-11)20-3/h4-8,10,17-19H,1-3H3/t10-,17-/m0/s1. The summed E-state index contributed by atoms with van der Waals surface area (Å²) in [6, 6.07) is 8.86. The van der Waals surface area contributed by atoms with Crippen LogP contribution in [-0.4, -0.2) is 17.3 Å². The molecular formula is C17H18O4. The Morgan fingerprint density at radius 3 is 2.57 bits per heavy atom. The van der Waals surface area contributed by atoms with Crippen molar-refractivity contribution in [2.75, 3.05) is 7.11 Å². The van der Waals surface area contributed by atoms with Crippen molar-refractivity contribution in [2.24, 2.45) is 0 Å². The SMILES string of the molecule is COc1cc([C@H]2Oc3cc(C)c(O)cc3[C@@H]2C)ccc1O. The number of hydrogen-bond acceptors (Lipinski definition) is 4. The lowest BCUT2D eigenvalue weighted by Crippen LogP contribution is -2.07. The molecule has 2 N–H and O–H groups in total. The van der Waals surface area contributed by atoms with Gasteiger partial charge in [-0.25, -0.2) is 0 Å². The molecule has 0 amide bonds. The summed E-state index contributed by atoms with van der Waals surface area (Å²) in [5, 5.41) is 19.6. The molecule has 0 spiro atoms. The predicted molar refractivity (Wildman–Crippen MR) is 79.3 cm³/mol.